The van der Waals surface area contributed by atoms with Gasteiger partial charge in [0.05, 0.1) is 12.6 Å². The molecule has 0 aliphatic rings. The molecule has 1 heterocycles. The molecule has 1 aromatic heterocycles. The van der Waals surface area contributed by atoms with Gasteiger partial charge in [-0.1, -0.05) is 18.2 Å². The molecule has 1 aromatic carbocycles. The summed E-state index contributed by atoms with van der Waals surface area (Å²) < 4.78 is 6.41. The fourth-order valence-electron chi connectivity index (χ4n) is 1.62. The molecule has 0 fully saturated rings. The summed E-state index contributed by atoms with van der Waals surface area (Å²) in [6.07, 6.45) is 0. The number of ether oxygens (including phenoxy) is 1. The molecule has 0 aliphatic carbocycles. The van der Waals surface area contributed by atoms with E-state index < -0.39 is 0 Å². The maximum absolute atomic E-state index is 11.6. The molecule has 0 N–H and O–H groups in total. The van der Waals surface area contributed by atoms with Crippen LogP contribution in [-0.2, 0) is 11.3 Å². The molecule has 0 unspecified atom stereocenters. The number of hydrogen-bond acceptors (Lipinski definition) is 3. The first-order valence-corrected chi connectivity index (χ1v) is 4.81. The van der Waals surface area contributed by atoms with E-state index in [2.05, 4.69) is 5.10 Å². The number of nitrogens with zero attached hydrogens (tertiary/aromatic N) is 2. The number of rotatable bonds is 2. The minimum atomic E-state index is -0.342. The highest BCUT2D eigenvalue weighted by atomic mass is 16.5. The number of aryl methyl sites for hydroxylation is 1. The maximum atomic E-state index is 11.6. The van der Waals surface area contributed by atoms with Gasteiger partial charge in [-0.25, -0.2) is 4.79 Å². The quantitative estimate of drug-likeness (QED) is 0.701. The van der Waals surface area contributed by atoms with Crippen molar-refractivity contribution in [2.24, 2.45) is 0 Å². The van der Waals surface area contributed by atoms with Gasteiger partial charge in [-0.3, -0.25) is 4.68 Å². The van der Waals surface area contributed by atoms with E-state index in [1.54, 1.807) is 4.68 Å². The monoisotopic (exact) mass is 204 g/mol. The normalized spacial score (nSPS) is 10.5. The molecule has 2 rings (SSSR count). The number of carbonyl (C=O) groups excluding carboxylic acids is 1. The van der Waals surface area contributed by atoms with Crippen LogP contribution in [0.5, 0.6) is 0 Å². The first kappa shape index (κ1) is 9.71. The Morgan fingerprint density at radius 2 is 2.20 bits per heavy atom. The molecule has 0 saturated carbocycles. The lowest BCUT2D eigenvalue weighted by Crippen LogP contribution is -2.10. The number of aromatic nitrogens is 2. The molecule has 0 amide bonds. The molecule has 0 spiro atoms. The Kier molecular flexibility index (Phi) is 2.41. The van der Waals surface area contributed by atoms with Crippen LogP contribution in [0.4, 0.5) is 0 Å². The third-order valence-electron chi connectivity index (χ3n) is 2.32. The summed E-state index contributed by atoms with van der Waals surface area (Å²) in [5.41, 5.74) is 1.34. The lowest BCUT2D eigenvalue weighted by atomic mass is 10.2. The first-order valence-electron chi connectivity index (χ1n) is 4.81. The molecule has 0 aliphatic heterocycles. The Hall–Kier alpha value is -1.84. The average molecular weight is 204 g/mol. The number of methoxy groups -OCH3 is 1. The lowest BCUT2D eigenvalue weighted by molar-refractivity contribution is 0.0589. The second-order valence-corrected chi connectivity index (χ2v) is 3.17. The Balaban J connectivity index is 2.72. The SMILES string of the molecule is CCn1nc2ccccc2c1C(=O)OC. The van der Waals surface area contributed by atoms with Crippen molar-refractivity contribution < 1.29 is 9.53 Å². The van der Waals surface area contributed by atoms with E-state index in [1.165, 1.54) is 7.11 Å². The number of fused-ring (bicyclic) bond motifs is 1. The highest BCUT2D eigenvalue weighted by Gasteiger charge is 2.17. The largest absolute Gasteiger partial charge is 0.464 e. The summed E-state index contributed by atoms with van der Waals surface area (Å²) in [5.74, 6) is -0.342. The molecule has 78 valence electrons. The van der Waals surface area contributed by atoms with Crippen molar-refractivity contribution in [1.29, 1.82) is 0 Å². The van der Waals surface area contributed by atoms with E-state index in [1.807, 2.05) is 31.2 Å². The third-order valence-corrected chi connectivity index (χ3v) is 2.32. The maximum Gasteiger partial charge on any atom is 0.356 e. The van der Waals surface area contributed by atoms with Crippen LogP contribution in [0, 0.1) is 0 Å². The van der Waals surface area contributed by atoms with E-state index in [9.17, 15) is 4.79 Å². The van der Waals surface area contributed by atoms with Crippen molar-refractivity contribution in [2.75, 3.05) is 7.11 Å². The summed E-state index contributed by atoms with van der Waals surface area (Å²) in [6.45, 7) is 2.59. The smallest absolute Gasteiger partial charge is 0.356 e. The van der Waals surface area contributed by atoms with Gasteiger partial charge in [0.15, 0.2) is 5.69 Å². The fourth-order valence-corrected chi connectivity index (χ4v) is 1.62. The predicted octanol–water partition coefficient (Wildman–Crippen LogP) is 1.84. The molecule has 0 saturated heterocycles. The molecule has 0 atom stereocenters. The summed E-state index contributed by atoms with van der Waals surface area (Å²) in [7, 11) is 1.38. The molecule has 0 bridgehead atoms. The lowest BCUT2D eigenvalue weighted by Gasteiger charge is -2.01. The fraction of sp³-hybridized carbons (Fsp3) is 0.273. The van der Waals surface area contributed by atoms with Gasteiger partial charge < -0.3 is 4.74 Å². The zero-order chi connectivity index (χ0) is 10.8. The second kappa shape index (κ2) is 3.73. The van der Waals surface area contributed by atoms with Gasteiger partial charge in [-0.2, -0.15) is 5.10 Å². The van der Waals surface area contributed by atoms with Gasteiger partial charge in [0.2, 0.25) is 0 Å². The van der Waals surface area contributed by atoms with Gasteiger partial charge in [0, 0.05) is 11.9 Å². The number of esters is 1. The molecule has 0 radical (unpaired) electrons. The highest BCUT2D eigenvalue weighted by Crippen LogP contribution is 2.18. The van der Waals surface area contributed by atoms with Crippen LogP contribution < -0.4 is 0 Å². The standard InChI is InChI=1S/C11H12N2O2/c1-3-13-10(11(14)15-2)8-6-4-5-7-9(8)12-13/h4-7H,3H2,1-2H3. The Morgan fingerprint density at radius 3 is 2.87 bits per heavy atom. The van der Waals surface area contributed by atoms with Crippen LogP contribution in [0.25, 0.3) is 10.9 Å². The summed E-state index contributed by atoms with van der Waals surface area (Å²) in [4.78, 5) is 11.6. The van der Waals surface area contributed by atoms with E-state index in [0.717, 1.165) is 10.9 Å². The van der Waals surface area contributed by atoms with E-state index >= 15 is 0 Å². The number of hydrogen-bond donors (Lipinski definition) is 0. The van der Waals surface area contributed by atoms with Gasteiger partial charge in [-0.15, -0.1) is 0 Å². The van der Waals surface area contributed by atoms with Crippen LogP contribution in [0.2, 0.25) is 0 Å². The van der Waals surface area contributed by atoms with Crippen LogP contribution in [0.15, 0.2) is 24.3 Å². The summed E-state index contributed by atoms with van der Waals surface area (Å²) in [5, 5.41) is 5.16. The zero-order valence-corrected chi connectivity index (χ0v) is 8.73. The van der Waals surface area contributed by atoms with Crippen LogP contribution in [0.3, 0.4) is 0 Å². The summed E-state index contributed by atoms with van der Waals surface area (Å²) >= 11 is 0. The number of benzene rings is 1. The highest BCUT2D eigenvalue weighted by molar-refractivity contribution is 6.02. The van der Waals surface area contributed by atoms with Crippen LogP contribution in [-0.4, -0.2) is 22.9 Å². The van der Waals surface area contributed by atoms with Gasteiger partial charge in [0.1, 0.15) is 0 Å². The molecule has 2 aromatic rings. The van der Waals surface area contributed by atoms with Crippen molar-refractivity contribution in [1.82, 2.24) is 9.78 Å². The van der Waals surface area contributed by atoms with E-state index in [4.69, 9.17) is 4.74 Å². The topological polar surface area (TPSA) is 44.1 Å². The van der Waals surface area contributed by atoms with Crippen molar-refractivity contribution in [3.63, 3.8) is 0 Å². The minimum absolute atomic E-state index is 0.342. The van der Waals surface area contributed by atoms with Gasteiger partial charge in [-0.05, 0) is 13.0 Å². The van der Waals surface area contributed by atoms with E-state index in [-0.39, 0.29) is 5.97 Å². The summed E-state index contributed by atoms with van der Waals surface area (Å²) in [6, 6.07) is 7.54. The molecular weight excluding hydrogens is 192 g/mol. The Bertz CT molecular complexity index is 502. The van der Waals surface area contributed by atoms with Crippen LogP contribution in [0.1, 0.15) is 17.4 Å². The van der Waals surface area contributed by atoms with Crippen molar-refractivity contribution in [3.8, 4) is 0 Å². The first-order chi connectivity index (χ1) is 7.27. The van der Waals surface area contributed by atoms with Crippen molar-refractivity contribution in [2.45, 2.75) is 13.5 Å². The Labute approximate surface area is 87.5 Å². The third kappa shape index (κ3) is 1.48. The molecule has 4 heteroatoms. The second-order valence-electron chi connectivity index (χ2n) is 3.17. The number of carbonyl (C=O) groups is 1. The van der Waals surface area contributed by atoms with Crippen molar-refractivity contribution in [3.05, 3.63) is 30.0 Å². The molecule has 15 heavy (non-hydrogen) atoms. The molecular formula is C11H12N2O2. The average Bonchev–Trinajstić information content (AvgIpc) is 2.66. The van der Waals surface area contributed by atoms with Gasteiger partial charge >= 0.3 is 5.97 Å². The predicted molar refractivity (Wildman–Crippen MR) is 56.7 cm³/mol. The van der Waals surface area contributed by atoms with Crippen molar-refractivity contribution >= 4 is 16.9 Å². The minimum Gasteiger partial charge on any atom is -0.464 e. The van der Waals surface area contributed by atoms with E-state index in [0.29, 0.717) is 12.2 Å². The van der Waals surface area contributed by atoms with Gasteiger partial charge in [0.25, 0.3) is 0 Å². The zero-order valence-electron chi connectivity index (χ0n) is 8.73. The van der Waals surface area contributed by atoms with Crippen LogP contribution >= 0.6 is 0 Å². The molecule has 4 nitrogen and oxygen atoms in total. The Morgan fingerprint density at radius 1 is 1.47 bits per heavy atom.